The second-order valence-electron chi connectivity index (χ2n) is 4.48. The Morgan fingerprint density at radius 2 is 2.14 bits per heavy atom. The first kappa shape index (κ1) is 17.6. The molecule has 0 heterocycles. The van der Waals surface area contributed by atoms with Gasteiger partial charge in [0.25, 0.3) is 0 Å². The minimum atomic E-state index is -4.47. The molecule has 0 saturated heterocycles. The Labute approximate surface area is 124 Å². The number of halogens is 3. The fraction of sp³-hybridized carbons (Fsp3) is 0.462. The quantitative estimate of drug-likeness (QED) is 0.704. The molecule has 0 fully saturated rings. The Balaban J connectivity index is 2.61. The maximum atomic E-state index is 12.5. The fourth-order valence-corrected chi connectivity index (χ4v) is 2.30. The number of alkyl halides is 3. The standard InChI is InChI=1S/C13H17F3N2O2S/c1-8(4-5-19)21-7-12(20)18-11-3-2-9(6-10(11)17)13(14,15)16/h2-3,6,8,19H,4-5,7,17H2,1H3,(H,18,20). The zero-order chi connectivity index (χ0) is 16.0. The van der Waals surface area contributed by atoms with E-state index < -0.39 is 11.7 Å². The summed E-state index contributed by atoms with van der Waals surface area (Å²) in [6.07, 6.45) is -3.90. The zero-order valence-electron chi connectivity index (χ0n) is 11.4. The largest absolute Gasteiger partial charge is 0.416 e. The summed E-state index contributed by atoms with van der Waals surface area (Å²) in [4.78, 5) is 11.7. The van der Waals surface area contributed by atoms with E-state index in [9.17, 15) is 18.0 Å². The second kappa shape index (κ2) is 7.56. The molecule has 0 spiro atoms. The average Bonchev–Trinajstić information content (AvgIpc) is 2.38. The van der Waals surface area contributed by atoms with E-state index in [1.807, 2.05) is 6.92 Å². The molecule has 1 aromatic carbocycles. The van der Waals surface area contributed by atoms with Gasteiger partial charge in [0.05, 0.1) is 22.7 Å². The van der Waals surface area contributed by atoms with Crippen LogP contribution in [0.15, 0.2) is 18.2 Å². The summed E-state index contributed by atoms with van der Waals surface area (Å²) in [6, 6.07) is 2.79. The molecule has 21 heavy (non-hydrogen) atoms. The summed E-state index contributed by atoms with van der Waals surface area (Å²) in [6.45, 7) is 1.92. The van der Waals surface area contributed by atoms with Gasteiger partial charge >= 0.3 is 6.18 Å². The van der Waals surface area contributed by atoms with E-state index in [0.717, 1.165) is 18.2 Å². The van der Waals surface area contributed by atoms with Crippen LogP contribution in [0, 0.1) is 0 Å². The van der Waals surface area contributed by atoms with Crippen LogP contribution >= 0.6 is 11.8 Å². The fourth-order valence-electron chi connectivity index (χ4n) is 1.52. The predicted octanol–water partition coefficient (Wildman–Crippen LogP) is 2.73. The maximum absolute atomic E-state index is 12.5. The monoisotopic (exact) mass is 322 g/mol. The molecule has 0 aromatic heterocycles. The number of nitrogens with one attached hydrogen (secondary N) is 1. The Morgan fingerprint density at radius 3 is 2.67 bits per heavy atom. The molecule has 1 amide bonds. The number of aliphatic hydroxyl groups excluding tert-OH is 1. The van der Waals surface area contributed by atoms with Crippen LogP contribution in [0.4, 0.5) is 24.5 Å². The third kappa shape index (κ3) is 5.84. The average molecular weight is 322 g/mol. The first-order valence-electron chi connectivity index (χ1n) is 6.23. The van der Waals surface area contributed by atoms with Crippen molar-refractivity contribution >= 4 is 29.0 Å². The van der Waals surface area contributed by atoms with E-state index in [1.165, 1.54) is 11.8 Å². The van der Waals surface area contributed by atoms with Gasteiger partial charge < -0.3 is 16.2 Å². The van der Waals surface area contributed by atoms with Crippen molar-refractivity contribution in [2.45, 2.75) is 24.8 Å². The number of anilines is 2. The first-order valence-corrected chi connectivity index (χ1v) is 7.28. The molecule has 0 saturated carbocycles. The highest BCUT2D eigenvalue weighted by atomic mass is 32.2. The number of rotatable bonds is 6. The molecule has 0 radical (unpaired) electrons. The molecule has 4 N–H and O–H groups in total. The van der Waals surface area contributed by atoms with Gasteiger partial charge in [-0.2, -0.15) is 13.2 Å². The summed E-state index contributed by atoms with van der Waals surface area (Å²) in [5.41, 5.74) is 4.68. The molecule has 118 valence electrons. The van der Waals surface area contributed by atoms with Crippen LogP contribution in [-0.2, 0) is 11.0 Å². The van der Waals surface area contributed by atoms with Crippen LogP contribution in [0.3, 0.4) is 0 Å². The number of hydrogen-bond acceptors (Lipinski definition) is 4. The van der Waals surface area contributed by atoms with Gasteiger partial charge in [0.1, 0.15) is 0 Å². The highest BCUT2D eigenvalue weighted by molar-refractivity contribution is 8.00. The lowest BCUT2D eigenvalue weighted by Crippen LogP contribution is -2.17. The van der Waals surface area contributed by atoms with Crippen LogP contribution in [0.1, 0.15) is 18.9 Å². The molecule has 4 nitrogen and oxygen atoms in total. The van der Waals surface area contributed by atoms with Crippen molar-refractivity contribution in [3.8, 4) is 0 Å². The molecule has 0 aliphatic heterocycles. The van der Waals surface area contributed by atoms with Gasteiger partial charge in [-0.1, -0.05) is 6.92 Å². The third-order valence-corrected chi connectivity index (χ3v) is 3.92. The van der Waals surface area contributed by atoms with Crippen molar-refractivity contribution in [3.05, 3.63) is 23.8 Å². The molecular formula is C13H17F3N2O2S. The van der Waals surface area contributed by atoms with Gasteiger partial charge in [0.2, 0.25) is 5.91 Å². The number of carbonyl (C=O) groups excluding carboxylic acids is 1. The lowest BCUT2D eigenvalue weighted by Gasteiger charge is -2.13. The molecule has 1 aromatic rings. The van der Waals surface area contributed by atoms with Gasteiger partial charge in [-0.3, -0.25) is 4.79 Å². The predicted molar refractivity (Wildman–Crippen MR) is 78.1 cm³/mol. The number of nitrogen functional groups attached to an aromatic ring is 1. The Kier molecular flexibility index (Phi) is 6.35. The first-order chi connectivity index (χ1) is 9.74. The number of benzene rings is 1. The van der Waals surface area contributed by atoms with Gasteiger partial charge in [-0.05, 0) is 24.6 Å². The summed E-state index contributed by atoms with van der Waals surface area (Å²) >= 11 is 1.35. The molecular weight excluding hydrogens is 305 g/mol. The summed E-state index contributed by atoms with van der Waals surface area (Å²) in [7, 11) is 0. The molecule has 1 unspecified atom stereocenters. The van der Waals surface area contributed by atoms with Crippen LogP contribution in [0.25, 0.3) is 0 Å². The maximum Gasteiger partial charge on any atom is 0.416 e. The van der Waals surface area contributed by atoms with Crippen molar-refractivity contribution < 1.29 is 23.1 Å². The molecule has 1 atom stereocenters. The van der Waals surface area contributed by atoms with Crippen LogP contribution in [0.5, 0.6) is 0 Å². The third-order valence-electron chi connectivity index (χ3n) is 2.69. The topological polar surface area (TPSA) is 75.3 Å². The van der Waals surface area contributed by atoms with E-state index in [4.69, 9.17) is 10.8 Å². The van der Waals surface area contributed by atoms with Crippen molar-refractivity contribution in [2.24, 2.45) is 0 Å². The molecule has 1 rings (SSSR count). The summed E-state index contributed by atoms with van der Waals surface area (Å²) in [5, 5.41) is 11.3. The number of amides is 1. The van der Waals surface area contributed by atoms with Gasteiger partial charge in [-0.15, -0.1) is 11.8 Å². The number of aliphatic hydroxyl groups is 1. The summed E-state index contributed by atoms with van der Waals surface area (Å²) < 4.78 is 37.4. The Morgan fingerprint density at radius 1 is 1.48 bits per heavy atom. The van der Waals surface area contributed by atoms with Crippen LogP contribution in [0.2, 0.25) is 0 Å². The van der Waals surface area contributed by atoms with Crippen molar-refractivity contribution in [1.82, 2.24) is 0 Å². The lowest BCUT2D eigenvalue weighted by atomic mass is 10.1. The van der Waals surface area contributed by atoms with Crippen molar-refractivity contribution in [2.75, 3.05) is 23.4 Å². The van der Waals surface area contributed by atoms with Crippen molar-refractivity contribution in [3.63, 3.8) is 0 Å². The Hall–Kier alpha value is -1.41. The molecule has 0 aliphatic rings. The van der Waals surface area contributed by atoms with Gasteiger partial charge in [-0.25, -0.2) is 0 Å². The SMILES string of the molecule is CC(CCO)SCC(=O)Nc1ccc(C(F)(F)F)cc1N. The minimum Gasteiger partial charge on any atom is -0.397 e. The normalized spacial score (nSPS) is 13.0. The van der Waals surface area contributed by atoms with E-state index in [0.29, 0.717) is 6.42 Å². The smallest absolute Gasteiger partial charge is 0.397 e. The van der Waals surface area contributed by atoms with Gasteiger partial charge in [0, 0.05) is 11.9 Å². The van der Waals surface area contributed by atoms with Crippen LogP contribution in [-0.4, -0.2) is 28.6 Å². The number of thioether (sulfide) groups is 1. The lowest BCUT2D eigenvalue weighted by molar-refractivity contribution is -0.137. The highest BCUT2D eigenvalue weighted by Crippen LogP contribution is 2.32. The van der Waals surface area contributed by atoms with Gasteiger partial charge in [0.15, 0.2) is 0 Å². The molecule has 0 aliphatic carbocycles. The van der Waals surface area contributed by atoms with Crippen molar-refractivity contribution in [1.29, 1.82) is 0 Å². The number of hydrogen-bond donors (Lipinski definition) is 3. The summed E-state index contributed by atoms with van der Waals surface area (Å²) in [5.74, 6) is -0.210. The minimum absolute atomic E-state index is 0.0433. The number of nitrogens with two attached hydrogens (primary N) is 1. The van der Waals surface area contributed by atoms with E-state index >= 15 is 0 Å². The zero-order valence-corrected chi connectivity index (χ0v) is 12.2. The van der Waals surface area contributed by atoms with E-state index in [-0.39, 0.29) is 34.9 Å². The van der Waals surface area contributed by atoms with Crippen LogP contribution < -0.4 is 11.1 Å². The molecule has 0 bridgehead atoms. The number of carbonyl (C=O) groups is 1. The molecule has 8 heteroatoms. The van der Waals surface area contributed by atoms with E-state index in [2.05, 4.69) is 5.32 Å². The highest BCUT2D eigenvalue weighted by Gasteiger charge is 2.30. The Bertz CT molecular complexity index is 495. The second-order valence-corrected chi connectivity index (χ2v) is 5.91. The van der Waals surface area contributed by atoms with E-state index in [1.54, 1.807) is 0 Å².